The SMILES string of the molecule is O=C(Cc1ccc2nc(Nc3ccccc3Cl)oc2c1F)C(F)(O[C@H]1CC[C@H](C(=O)O)CC1)N1CCCC1. The zero-order chi connectivity index (χ0) is 26.9. The second-order valence-corrected chi connectivity index (χ2v) is 10.2. The number of ether oxygens (including phenoxy) is 1. The summed E-state index contributed by atoms with van der Waals surface area (Å²) in [6, 6.07) is 9.84. The molecule has 8 nitrogen and oxygen atoms in total. The minimum Gasteiger partial charge on any atom is -0.481 e. The van der Waals surface area contributed by atoms with Gasteiger partial charge >= 0.3 is 11.9 Å². The maximum atomic E-state index is 16.4. The van der Waals surface area contributed by atoms with Gasteiger partial charge in [0.05, 0.1) is 22.7 Å². The number of halogens is 3. The van der Waals surface area contributed by atoms with E-state index in [0.717, 1.165) is 0 Å². The predicted molar refractivity (Wildman–Crippen MR) is 137 cm³/mol. The number of nitrogens with one attached hydrogen (secondary N) is 1. The third kappa shape index (κ3) is 5.39. The number of carbonyl (C=O) groups is 2. The van der Waals surface area contributed by atoms with Crippen molar-refractivity contribution in [2.75, 3.05) is 18.4 Å². The van der Waals surface area contributed by atoms with Gasteiger partial charge in [-0.15, -0.1) is 0 Å². The number of para-hydroxylation sites is 1. The van der Waals surface area contributed by atoms with Crippen LogP contribution < -0.4 is 5.32 Å². The fourth-order valence-corrected chi connectivity index (χ4v) is 5.30. The van der Waals surface area contributed by atoms with Gasteiger partial charge in [-0.3, -0.25) is 9.59 Å². The number of anilines is 2. The monoisotopic (exact) mass is 547 g/mol. The molecule has 1 aromatic heterocycles. The van der Waals surface area contributed by atoms with Crippen LogP contribution in [-0.4, -0.2) is 51.9 Å². The van der Waals surface area contributed by atoms with Crippen molar-refractivity contribution in [3.63, 3.8) is 0 Å². The third-order valence-electron chi connectivity index (χ3n) is 7.25. The number of carboxylic acid groups (broad SMARTS) is 1. The summed E-state index contributed by atoms with van der Waals surface area (Å²) in [5, 5.41) is 12.6. The van der Waals surface area contributed by atoms with E-state index in [9.17, 15) is 14.7 Å². The van der Waals surface area contributed by atoms with Gasteiger partial charge in [0.2, 0.25) is 5.78 Å². The van der Waals surface area contributed by atoms with Crippen LogP contribution in [0, 0.1) is 11.7 Å². The lowest BCUT2D eigenvalue weighted by atomic mass is 9.87. The number of aromatic nitrogens is 1. The average molecular weight is 548 g/mol. The number of hydrogen-bond donors (Lipinski definition) is 2. The summed E-state index contributed by atoms with van der Waals surface area (Å²) in [4.78, 5) is 30.2. The molecule has 38 heavy (non-hydrogen) atoms. The Hall–Kier alpha value is -3.08. The summed E-state index contributed by atoms with van der Waals surface area (Å²) in [6.45, 7) is 0.681. The normalized spacial score (nSPS) is 21.9. The molecular weight excluding hydrogens is 520 g/mol. The number of fused-ring (bicyclic) bond motifs is 1. The van der Waals surface area contributed by atoms with Crippen molar-refractivity contribution in [1.29, 1.82) is 0 Å². The lowest BCUT2D eigenvalue weighted by Crippen LogP contribution is -2.54. The van der Waals surface area contributed by atoms with Crippen LogP contribution in [-0.2, 0) is 20.7 Å². The van der Waals surface area contributed by atoms with Crippen LogP contribution in [0.2, 0.25) is 5.02 Å². The molecule has 202 valence electrons. The maximum absolute atomic E-state index is 16.4. The predicted octanol–water partition coefficient (Wildman–Crippen LogP) is 5.85. The molecule has 3 aromatic rings. The molecule has 0 spiro atoms. The van der Waals surface area contributed by atoms with Gasteiger partial charge in [0.25, 0.3) is 6.01 Å². The molecule has 5 rings (SSSR count). The summed E-state index contributed by atoms with van der Waals surface area (Å²) in [5.74, 6) is -5.81. The highest BCUT2D eigenvalue weighted by molar-refractivity contribution is 6.33. The van der Waals surface area contributed by atoms with Crippen LogP contribution in [0.15, 0.2) is 40.8 Å². The van der Waals surface area contributed by atoms with Crippen molar-refractivity contribution in [2.24, 2.45) is 5.92 Å². The van der Waals surface area contributed by atoms with E-state index in [-0.39, 0.29) is 22.7 Å². The molecule has 2 aliphatic rings. The molecule has 0 bridgehead atoms. The molecule has 0 radical (unpaired) electrons. The second-order valence-electron chi connectivity index (χ2n) is 9.80. The van der Waals surface area contributed by atoms with Crippen molar-refractivity contribution >= 4 is 46.2 Å². The second kappa shape index (κ2) is 11.0. The van der Waals surface area contributed by atoms with E-state index < -0.39 is 42.0 Å². The quantitative estimate of drug-likeness (QED) is 0.321. The smallest absolute Gasteiger partial charge is 0.330 e. The van der Waals surface area contributed by atoms with E-state index in [0.29, 0.717) is 62.3 Å². The molecule has 2 heterocycles. The molecule has 2 fully saturated rings. The molecule has 11 heteroatoms. The van der Waals surface area contributed by atoms with E-state index in [2.05, 4.69) is 10.3 Å². The zero-order valence-corrected chi connectivity index (χ0v) is 21.3. The Kier molecular flexibility index (Phi) is 7.65. The summed E-state index contributed by atoms with van der Waals surface area (Å²) >= 11 is 6.15. The molecule has 1 atom stereocenters. The molecule has 0 amide bonds. The fourth-order valence-electron chi connectivity index (χ4n) is 5.12. The van der Waals surface area contributed by atoms with Crippen LogP contribution in [0.4, 0.5) is 20.5 Å². The van der Waals surface area contributed by atoms with Crippen LogP contribution in [0.25, 0.3) is 11.1 Å². The van der Waals surface area contributed by atoms with Gasteiger partial charge in [-0.1, -0.05) is 29.8 Å². The van der Waals surface area contributed by atoms with Crippen molar-refractivity contribution in [3.8, 4) is 0 Å². The number of ketones is 1. The molecule has 1 saturated heterocycles. The van der Waals surface area contributed by atoms with Crippen LogP contribution >= 0.6 is 11.6 Å². The number of Topliss-reactive ketones (excluding diaryl/α,β-unsaturated/α-hetero) is 1. The maximum Gasteiger partial charge on any atom is 0.330 e. The molecule has 1 unspecified atom stereocenters. The number of likely N-dealkylation sites (tertiary alicyclic amines) is 1. The number of nitrogens with zero attached hydrogens (tertiary/aromatic N) is 2. The number of hydrogen-bond acceptors (Lipinski definition) is 7. The van der Waals surface area contributed by atoms with Gasteiger partial charge in [-0.2, -0.15) is 9.37 Å². The first-order valence-corrected chi connectivity index (χ1v) is 13.1. The van der Waals surface area contributed by atoms with Crippen molar-refractivity contribution in [3.05, 3.63) is 52.8 Å². The van der Waals surface area contributed by atoms with Crippen molar-refractivity contribution in [1.82, 2.24) is 9.88 Å². The van der Waals surface area contributed by atoms with E-state index in [1.165, 1.54) is 17.0 Å². The Morgan fingerprint density at radius 1 is 1.16 bits per heavy atom. The van der Waals surface area contributed by atoms with Gasteiger partial charge in [-0.25, -0.2) is 9.29 Å². The summed E-state index contributed by atoms with van der Waals surface area (Å²) in [5.41, 5.74) is 0.551. The lowest BCUT2D eigenvalue weighted by molar-refractivity contribution is -0.252. The number of rotatable bonds is 9. The summed E-state index contributed by atoms with van der Waals surface area (Å²) in [7, 11) is 0. The van der Waals surface area contributed by atoms with E-state index in [4.69, 9.17) is 20.8 Å². The summed E-state index contributed by atoms with van der Waals surface area (Å²) in [6.07, 6.45) is 1.67. The number of aliphatic carboxylic acids is 1. The summed E-state index contributed by atoms with van der Waals surface area (Å²) < 4.78 is 43.2. The number of benzene rings is 2. The van der Waals surface area contributed by atoms with Crippen molar-refractivity contribution in [2.45, 2.75) is 57.0 Å². The minimum atomic E-state index is -2.73. The largest absolute Gasteiger partial charge is 0.481 e. The Morgan fingerprint density at radius 2 is 1.87 bits per heavy atom. The Bertz CT molecular complexity index is 1340. The third-order valence-corrected chi connectivity index (χ3v) is 7.58. The number of carbonyl (C=O) groups excluding carboxylic acids is 1. The number of alkyl halides is 1. The van der Waals surface area contributed by atoms with Crippen molar-refractivity contribution < 1.29 is 32.6 Å². The molecule has 1 aliphatic heterocycles. The van der Waals surface area contributed by atoms with Gasteiger partial charge in [0.15, 0.2) is 11.4 Å². The molecule has 1 saturated carbocycles. The highest BCUT2D eigenvalue weighted by Gasteiger charge is 2.49. The topological polar surface area (TPSA) is 105 Å². The Morgan fingerprint density at radius 3 is 2.55 bits per heavy atom. The van der Waals surface area contributed by atoms with E-state index in [1.54, 1.807) is 24.3 Å². The number of oxazole rings is 1. The highest BCUT2D eigenvalue weighted by Crippen LogP contribution is 2.35. The van der Waals surface area contributed by atoms with Crippen LogP contribution in [0.3, 0.4) is 0 Å². The Balaban J connectivity index is 1.35. The minimum absolute atomic E-state index is 0.0210. The van der Waals surface area contributed by atoms with Crippen LogP contribution in [0.5, 0.6) is 0 Å². The average Bonchev–Trinajstić information content (AvgIpc) is 3.58. The van der Waals surface area contributed by atoms with E-state index >= 15 is 8.78 Å². The molecular formula is C27H28ClF2N3O5. The highest BCUT2D eigenvalue weighted by atomic mass is 35.5. The molecule has 1 aliphatic carbocycles. The van der Waals surface area contributed by atoms with Gasteiger partial charge in [0.1, 0.15) is 5.52 Å². The van der Waals surface area contributed by atoms with Crippen LogP contribution in [0.1, 0.15) is 44.1 Å². The molecule has 2 N–H and O–H groups in total. The first kappa shape index (κ1) is 26.5. The lowest BCUT2D eigenvalue weighted by Gasteiger charge is -2.37. The standard InChI is InChI=1S/C27H28ClF2N3O5/c28-19-5-1-2-6-20(19)31-26-32-21-12-9-17(23(29)24(21)37-26)15-22(34)27(30,33-13-3-4-14-33)38-18-10-7-16(8-11-18)25(35)36/h1-2,5-6,9,12,16,18H,3-4,7-8,10-11,13-15H2,(H,31,32)(H,35,36)/t16-,18-,27?. The van der Waals surface area contributed by atoms with Gasteiger partial charge < -0.3 is 19.6 Å². The first-order chi connectivity index (χ1) is 18.2. The van der Waals surface area contributed by atoms with E-state index in [1.807, 2.05) is 0 Å². The molecule has 2 aromatic carbocycles. The number of carboxylic acids is 1. The first-order valence-electron chi connectivity index (χ1n) is 12.7. The van der Waals surface area contributed by atoms with Gasteiger partial charge in [-0.05, 0) is 62.3 Å². The zero-order valence-electron chi connectivity index (χ0n) is 20.6. The van der Waals surface area contributed by atoms with Gasteiger partial charge in [0, 0.05) is 19.5 Å². The fraction of sp³-hybridized carbons (Fsp3) is 0.444. The Labute approximate surface area is 222 Å².